The average Bonchev–Trinajstić information content (AvgIpc) is 2.34. The van der Waals surface area contributed by atoms with Crippen LogP contribution in [0.1, 0.15) is 16.8 Å². The Balaban J connectivity index is 2.24. The van der Waals surface area contributed by atoms with Crippen LogP contribution in [0.15, 0.2) is 29.3 Å². The summed E-state index contributed by atoms with van der Waals surface area (Å²) in [6, 6.07) is 4.09. The molecule has 0 saturated carbocycles. The number of aromatic nitrogens is 3. The van der Waals surface area contributed by atoms with Crippen LogP contribution in [-0.4, -0.2) is 22.1 Å². The van der Waals surface area contributed by atoms with E-state index in [0.717, 1.165) is 11.3 Å². The monoisotopic (exact) mass is 231 g/mol. The maximum Gasteiger partial charge on any atom is 0.296 e. The highest BCUT2D eigenvalue weighted by Gasteiger charge is 2.04. The van der Waals surface area contributed by atoms with Gasteiger partial charge in [-0.05, 0) is 18.6 Å². The van der Waals surface area contributed by atoms with Crippen molar-refractivity contribution in [1.82, 2.24) is 15.0 Å². The molecule has 0 aliphatic carbocycles. The molecule has 88 valence electrons. The Morgan fingerprint density at radius 1 is 1.29 bits per heavy atom. The number of pyridine rings is 1. The molecule has 0 radical (unpaired) electrons. The van der Waals surface area contributed by atoms with Gasteiger partial charge in [0.25, 0.3) is 11.6 Å². The van der Waals surface area contributed by atoms with Crippen LogP contribution in [0.4, 0.5) is 0 Å². The Labute approximate surface area is 98.5 Å². The van der Waals surface area contributed by atoms with Crippen LogP contribution < -0.4 is 10.3 Å². The van der Waals surface area contributed by atoms with Crippen LogP contribution in [0.25, 0.3) is 0 Å². The van der Waals surface area contributed by atoms with Gasteiger partial charge in [-0.2, -0.15) is 0 Å². The lowest BCUT2D eigenvalue weighted by Crippen LogP contribution is -2.14. The third-order valence-electron chi connectivity index (χ3n) is 2.41. The zero-order chi connectivity index (χ0) is 12.3. The number of hydrogen-bond acceptors (Lipinski definition) is 4. The first kappa shape index (κ1) is 11.3. The highest BCUT2D eigenvalue weighted by atomic mass is 16.5. The summed E-state index contributed by atoms with van der Waals surface area (Å²) in [7, 11) is 1.46. The largest absolute Gasteiger partial charge is 0.468 e. The van der Waals surface area contributed by atoms with Gasteiger partial charge in [0.1, 0.15) is 0 Å². The van der Waals surface area contributed by atoms with Crippen LogP contribution in [0.2, 0.25) is 0 Å². The van der Waals surface area contributed by atoms with Gasteiger partial charge in [0.15, 0.2) is 0 Å². The Kier molecular flexibility index (Phi) is 3.18. The van der Waals surface area contributed by atoms with E-state index in [9.17, 15) is 4.79 Å². The minimum Gasteiger partial charge on any atom is -0.468 e. The molecule has 1 N–H and O–H groups in total. The highest BCUT2D eigenvalue weighted by molar-refractivity contribution is 5.21. The highest BCUT2D eigenvalue weighted by Crippen LogP contribution is 2.05. The van der Waals surface area contributed by atoms with Gasteiger partial charge in [0, 0.05) is 30.1 Å². The van der Waals surface area contributed by atoms with Crippen molar-refractivity contribution in [2.24, 2.45) is 0 Å². The number of hydrogen-bond donors (Lipinski definition) is 1. The number of rotatable bonds is 3. The smallest absolute Gasteiger partial charge is 0.296 e. The van der Waals surface area contributed by atoms with Crippen molar-refractivity contribution in [2.75, 3.05) is 7.11 Å². The summed E-state index contributed by atoms with van der Waals surface area (Å²) in [5, 5.41) is 0. The first-order chi connectivity index (χ1) is 8.19. The Morgan fingerprint density at radius 3 is 2.71 bits per heavy atom. The standard InChI is InChI=1S/C12H13N3O2/c1-8-3-4-9(6-13-8)5-10-7-14-12(17-2)15-11(10)16/h3-4,6-7H,5H2,1-2H3,(H,14,15,16). The van der Waals surface area contributed by atoms with Gasteiger partial charge < -0.3 is 4.74 Å². The van der Waals surface area contributed by atoms with E-state index in [1.165, 1.54) is 13.3 Å². The summed E-state index contributed by atoms with van der Waals surface area (Å²) >= 11 is 0. The fourth-order valence-electron chi connectivity index (χ4n) is 1.46. The zero-order valence-electron chi connectivity index (χ0n) is 9.73. The normalized spacial score (nSPS) is 10.2. The molecule has 0 fully saturated rings. The number of ether oxygens (including phenoxy) is 1. The van der Waals surface area contributed by atoms with Gasteiger partial charge in [-0.15, -0.1) is 0 Å². The molecule has 0 aromatic carbocycles. The maximum atomic E-state index is 11.7. The summed E-state index contributed by atoms with van der Waals surface area (Å²) in [4.78, 5) is 22.4. The molecule has 2 aromatic heterocycles. The number of nitrogens with one attached hydrogen (secondary N) is 1. The molecule has 0 amide bonds. The number of H-pyrrole nitrogens is 1. The second-order valence-corrected chi connectivity index (χ2v) is 3.73. The Bertz CT molecular complexity index is 561. The minimum absolute atomic E-state index is 0.183. The summed E-state index contributed by atoms with van der Waals surface area (Å²) in [6.45, 7) is 1.92. The average molecular weight is 231 g/mol. The van der Waals surface area contributed by atoms with Gasteiger partial charge in [-0.25, -0.2) is 4.98 Å². The minimum atomic E-state index is -0.183. The van der Waals surface area contributed by atoms with Crippen molar-refractivity contribution in [1.29, 1.82) is 0 Å². The molecular formula is C12H13N3O2. The van der Waals surface area contributed by atoms with E-state index in [1.807, 2.05) is 19.1 Å². The molecule has 0 spiro atoms. The number of aryl methyl sites for hydroxylation is 1. The second-order valence-electron chi connectivity index (χ2n) is 3.73. The number of nitrogens with zero attached hydrogens (tertiary/aromatic N) is 2. The van der Waals surface area contributed by atoms with E-state index in [4.69, 9.17) is 4.74 Å². The molecule has 17 heavy (non-hydrogen) atoms. The molecule has 5 heteroatoms. The van der Waals surface area contributed by atoms with E-state index in [2.05, 4.69) is 15.0 Å². The third kappa shape index (κ3) is 2.69. The zero-order valence-corrected chi connectivity index (χ0v) is 9.73. The molecular weight excluding hydrogens is 218 g/mol. The van der Waals surface area contributed by atoms with Gasteiger partial charge >= 0.3 is 0 Å². The first-order valence-electron chi connectivity index (χ1n) is 5.23. The molecule has 0 saturated heterocycles. The van der Waals surface area contributed by atoms with Gasteiger partial charge in [0.2, 0.25) is 0 Å². The van der Waals surface area contributed by atoms with E-state index in [1.54, 1.807) is 6.20 Å². The molecule has 5 nitrogen and oxygen atoms in total. The van der Waals surface area contributed by atoms with Crippen LogP contribution >= 0.6 is 0 Å². The van der Waals surface area contributed by atoms with Crippen molar-refractivity contribution < 1.29 is 4.74 Å². The fourth-order valence-corrected chi connectivity index (χ4v) is 1.46. The lowest BCUT2D eigenvalue weighted by molar-refractivity contribution is 0.378. The van der Waals surface area contributed by atoms with Crippen LogP contribution in [0.5, 0.6) is 6.01 Å². The summed E-state index contributed by atoms with van der Waals surface area (Å²) in [6.07, 6.45) is 3.80. The quantitative estimate of drug-likeness (QED) is 0.858. The first-order valence-corrected chi connectivity index (χ1v) is 5.23. The van der Waals surface area contributed by atoms with Crippen molar-refractivity contribution in [3.05, 3.63) is 51.7 Å². The summed E-state index contributed by atoms with van der Waals surface area (Å²) < 4.78 is 4.84. The number of methoxy groups -OCH3 is 1. The van der Waals surface area contributed by atoms with E-state index in [0.29, 0.717) is 12.0 Å². The lowest BCUT2D eigenvalue weighted by Gasteiger charge is -2.02. The molecule has 0 atom stereocenters. The third-order valence-corrected chi connectivity index (χ3v) is 2.41. The molecule has 0 aliphatic rings. The Hall–Kier alpha value is -2.17. The van der Waals surface area contributed by atoms with Gasteiger partial charge in [-0.3, -0.25) is 14.8 Å². The maximum absolute atomic E-state index is 11.7. The van der Waals surface area contributed by atoms with Crippen LogP contribution in [-0.2, 0) is 6.42 Å². The molecule has 0 aliphatic heterocycles. The topological polar surface area (TPSA) is 67.9 Å². The SMILES string of the molecule is COc1ncc(Cc2ccc(C)nc2)c(=O)[nH]1. The lowest BCUT2D eigenvalue weighted by atomic mass is 10.1. The van der Waals surface area contributed by atoms with Crippen molar-refractivity contribution in [3.63, 3.8) is 0 Å². The van der Waals surface area contributed by atoms with Gasteiger partial charge in [0.05, 0.1) is 7.11 Å². The summed E-state index contributed by atoms with van der Waals surface area (Å²) in [5.41, 5.74) is 2.34. The molecule has 2 rings (SSSR count). The molecule has 2 aromatic rings. The predicted octanol–water partition coefficient (Wildman–Crippen LogP) is 1.07. The van der Waals surface area contributed by atoms with E-state index >= 15 is 0 Å². The van der Waals surface area contributed by atoms with Crippen molar-refractivity contribution in [2.45, 2.75) is 13.3 Å². The van der Waals surface area contributed by atoms with Crippen molar-refractivity contribution in [3.8, 4) is 6.01 Å². The van der Waals surface area contributed by atoms with Gasteiger partial charge in [-0.1, -0.05) is 6.07 Å². The molecule has 2 heterocycles. The Morgan fingerprint density at radius 2 is 2.12 bits per heavy atom. The second kappa shape index (κ2) is 4.78. The summed E-state index contributed by atoms with van der Waals surface area (Å²) in [5.74, 6) is 0. The van der Waals surface area contributed by atoms with Crippen molar-refractivity contribution >= 4 is 0 Å². The van der Waals surface area contributed by atoms with Crippen LogP contribution in [0, 0.1) is 6.92 Å². The fraction of sp³-hybridized carbons (Fsp3) is 0.250. The molecule has 0 unspecified atom stereocenters. The number of aromatic amines is 1. The predicted molar refractivity (Wildman–Crippen MR) is 63.2 cm³/mol. The molecule has 0 bridgehead atoms. The van der Waals surface area contributed by atoms with E-state index in [-0.39, 0.29) is 11.6 Å². The van der Waals surface area contributed by atoms with E-state index < -0.39 is 0 Å². The van der Waals surface area contributed by atoms with Crippen LogP contribution in [0.3, 0.4) is 0 Å².